The molecule has 0 saturated carbocycles. The van der Waals surface area contributed by atoms with Gasteiger partial charge in [-0.3, -0.25) is 9.59 Å². The van der Waals surface area contributed by atoms with Crippen LogP contribution in [-0.2, 0) is 19.1 Å². The summed E-state index contributed by atoms with van der Waals surface area (Å²) in [6, 6.07) is 0. The van der Waals surface area contributed by atoms with E-state index in [-0.39, 0.29) is 25.2 Å². The first-order valence-corrected chi connectivity index (χ1v) is 17.0. The Balaban J connectivity index is 3.57. The molecular weight excluding hydrogens is 528 g/mol. The predicted octanol–water partition coefficient (Wildman–Crippen LogP) is 8.94. The Bertz CT molecular complexity index is 714. The highest BCUT2D eigenvalue weighted by Gasteiger charge is 2.12. The molecule has 0 aliphatic heterocycles. The number of esters is 2. The predicted molar refractivity (Wildman–Crippen MR) is 174 cm³/mol. The van der Waals surface area contributed by atoms with Crippen LogP contribution in [0.3, 0.4) is 0 Å². The van der Waals surface area contributed by atoms with E-state index in [2.05, 4.69) is 39.0 Å². The maximum Gasteiger partial charge on any atom is 0.305 e. The first kappa shape index (κ1) is 40.1. The van der Waals surface area contributed by atoms with Gasteiger partial charge < -0.3 is 19.7 Å². The fourth-order valence-corrected chi connectivity index (χ4v) is 4.54. The summed E-state index contributed by atoms with van der Waals surface area (Å²) in [5.74, 6) is 0.208. The summed E-state index contributed by atoms with van der Waals surface area (Å²) >= 11 is 0. The van der Waals surface area contributed by atoms with E-state index in [1.807, 2.05) is 18.2 Å². The molecule has 244 valence electrons. The van der Waals surface area contributed by atoms with Crippen molar-refractivity contribution in [2.75, 3.05) is 13.2 Å². The quantitative estimate of drug-likeness (QED) is 0.0390. The number of carbonyl (C=O) groups excluding carboxylic acids is 2. The van der Waals surface area contributed by atoms with Crippen LogP contribution < -0.4 is 0 Å². The van der Waals surface area contributed by atoms with Crippen LogP contribution in [0.25, 0.3) is 0 Å². The molecule has 3 atom stereocenters. The fraction of sp³-hybridized carbons (Fsp3) is 0.778. The van der Waals surface area contributed by atoms with Gasteiger partial charge in [0.25, 0.3) is 0 Å². The minimum Gasteiger partial charge on any atom is -0.463 e. The van der Waals surface area contributed by atoms with E-state index >= 15 is 0 Å². The number of hydrogen-bond donors (Lipinski definition) is 2. The SMILES string of the molecule is CC/C=C/C/C=C/C=C/C(O)CCCCCCCC(=O)OC[C@@H](O)COC(=O)CCCCCCCCCCC(C)CC. The Hall–Kier alpha value is -1.92. The van der Waals surface area contributed by atoms with E-state index in [0.717, 1.165) is 76.5 Å². The lowest BCUT2D eigenvalue weighted by molar-refractivity contribution is -0.152. The van der Waals surface area contributed by atoms with Crippen LogP contribution in [0.2, 0.25) is 0 Å². The number of carbonyl (C=O) groups is 2. The molecule has 6 heteroatoms. The second-order valence-corrected chi connectivity index (χ2v) is 11.7. The molecule has 0 spiro atoms. The van der Waals surface area contributed by atoms with Crippen LogP contribution in [0.1, 0.15) is 149 Å². The molecule has 2 N–H and O–H groups in total. The van der Waals surface area contributed by atoms with Crippen LogP contribution in [-0.4, -0.2) is 47.6 Å². The maximum absolute atomic E-state index is 11.9. The first-order valence-electron chi connectivity index (χ1n) is 17.0. The topological polar surface area (TPSA) is 93.1 Å². The molecule has 0 amide bonds. The van der Waals surface area contributed by atoms with Crippen LogP contribution in [0.4, 0.5) is 0 Å². The van der Waals surface area contributed by atoms with E-state index in [4.69, 9.17) is 9.47 Å². The Morgan fingerprint density at radius 3 is 1.67 bits per heavy atom. The average Bonchev–Trinajstić information content (AvgIpc) is 2.98. The summed E-state index contributed by atoms with van der Waals surface area (Å²) in [6.07, 6.45) is 30.7. The largest absolute Gasteiger partial charge is 0.463 e. The molecule has 0 aliphatic rings. The van der Waals surface area contributed by atoms with Crippen molar-refractivity contribution in [3.63, 3.8) is 0 Å². The Kier molecular flexibility index (Phi) is 29.1. The van der Waals surface area contributed by atoms with E-state index in [1.54, 1.807) is 0 Å². The fourth-order valence-electron chi connectivity index (χ4n) is 4.54. The second-order valence-electron chi connectivity index (χ2n) is 11.7. The minimum atomic E-state index is -0.993. The summed E-state index contributed by atoms with van der Waals surface area (Å²) in [7, 11) is 0. The summed E-state index contributed by atoms with van der Waals surface area (Å²) < 4.78 is 10.2. The van der Waals surface area contributed by atoms with Gasteiger partial charge in [-0.1, -0.05) is 141 Å². The van der Waals surface area contributed by atoms with Crippen LogP contribution >= 0.6 is 0 Å². The van der Waals surface area contributed by atoms with Gasteiger partial charge in [-0.2, -0.15) is 0 Å². The third kappa shape index (κ3) is 29.6. The third-order valence-corrected chi connectivity index (χ3v) is 7.53. The van der Waals surface area contributed by atoms with Crippen molar-refractivity contribution in [1.82, 2.24) is 0 Å². The molecule has 0 bridgehead atoms. The zero-order chi connectivity index (χ0) is 31.1. The highest BCUT2D eigenvalue weighted by molar-refractivity contribution is 5.69. The molecule has 0 rings (SSSR count). The van der Waals surface area contributed by atoms with Crippen molar-refractivity contribution in [1.29, 1.82) is 0 Å². The molecule has 2 unspecified atom stereocenters. The standard InChI is InChI=1S/C36H64O6/c1-4-6-7-8-11-16-21-26-33(37)27-22-17-14-19-24-29-36(40)42-31-34(38)30-41-35(39)28-23-18-13-10-9-12-15-20-25-32(3)5-2/h6-7,11,16,21,26,32-34,37-38H,4-5,8-10,12-15,17-20,22-25,27-31H2,1-3H3/b7-6+,16-11+,26-21+/t32?,33?,34-/m0/s1. The number of allylic oxidation sites excluding steroid dienone is 5. The average molecular weight is 593 g/mol. The van der Waals surface area contributed by atoms with Gasteiger partial charge in [-0.05, 0) is 38.0 Å². The molecule has 0 heterocycles. The molecule has 0 fully saturated rings. The smallest absolute Gasteiger partial charge is 0.305 e. The number of hydrogen-bond acceptors (Lipinski definition) is 6. The van der Waals surface area contributed by atoms with Crippen molar-refractivity contribution in [2.24, 2.45) is 5.92 Å². The third-order valence-electron chi connectivity index (χ3n) is 7.53. The number of aliphatic hydroxyl groups is 2. The van der Waals surface area contributed by atoms with Gasteiger partial charge in [0.15, 0.2) is 0 Å². The number of ether oxygens (including phenoxy) is 2. The zero-order valence-corrected chi connectivity index (χ0v) is 27.3. The molecule has 0 aromatic heterocycles. The Labute approximate surface area is 258 Å². The summed E-state index contributed by atoms with van der Waals surface area (Å²) in [5.41, 5.74) is 0. The second kappa shape index (κ2) is 30.5. The molecule has 0 radical (unpaired) electrons. The molecule has 0 aromatic carbocycles. The van der Waals surface area contributed by atoms with Gasteiger partial charge >= 0.3 is 11.9 Å². The first-order chi connectivity index (χ1) is 20.4. The minimum absolute atomic E-state index is 0.142. The van der Waals surface area contributed by atoms with Crippen LogP contribution in [0, 0.1) is 5.92 Å². The van der Waals surface area contributed by atoms with Crippen molar-refractivity contribution < 1.29 is 29.3 Å². The lowest BCUT2D eigenvalue weighted by atomic mass is 9.99. The zero-order valence-electron chi connectivity index (χ0n) is 27.3. The maximum atomic E-state index is 11.9. The highest BCUT2D eigenvalue weighted by Crippen LogP contribution is 2.15. The molecule has 6 nitrogen and oxygen atoms in total. The van der Waals surface area contributed by atoms with Crippen molar-refractivity contribution >= 4 is 11.9 Å². The summed E-state index contributed by atoms with van der Waals surface area (Å²) in [5, 5.41) is 20.0. The van der Waals surface area contributed by atoms with Gasteiger partial charge in [0.1, 0.15) is 19.3 Å². The molecule has 0 saturated heterocycles. The summed E-state index contributed by atoms with van der Waals surface area (Å²) in [6.45, 7) is 6.40. The van der Waals surface area contributed by atoms with Crippen LogP contribution in [0.5, 0.6) is 0 Å². The Morgan fingerprint density at radius 1 is 0.643 bits per heavy atom. The van der Waals surface area contributed by atoms with Gasteiger partial charge in [0.2, 0.25) is 0 Å². The van der Waals surface area contributed by atoms with Crippen molar-refractivity contribution in [3.8, 4) is 0 Å². The normalized spacial score (nSPS) is 14.1. The van der Waals surface area contributed by atoms with E-state index < -0.39 is 12.2 Å². The number of unbranched alkanes of at least 4 members (excludes halogenated alkanes) is 11. The van der Waals surface area contributed by atoms with E-state index in [1.165, 1.54) is 44.9 Å². The summed E-state index contributed by atoms with van der Waals surface area (Å²) in [4.78, 5) is 23.8. The monoisotopic (exact) mass is 592 g/mol. The Morgan fingerprint density at radius 2 is 1.14 bits per heavy atom. The molecule has 0 aromatic rings. The lowest BCUT2D eigenvalue weighted by Crippen LogP contribution is -2.25. The number of rotatable bonds is 29. The van der Waals surface area contributed by atoms with Crippen molar-refractivity contribution in [3.05, 3.63) is 36.5 Å². The van der Waals surface area contributed by atoms with Gasteiger partial charge in [0.05, 0.1) is 6.10 Å². The highest BCUT2D eigenvalue weighted by atomic mass is 16.6. The molecule has 42 heavy (non-hydrogen) atoms. The lowest BCUT2D eigenvalue weighted by Gasteiger charge is -2.12. The van der Waals surface area contributed by atoms with Gasteiger partial charge in [0, 0.05) is 12.8 Å². The molecule has 0 aliphatic carbocycles. The van der Waals surface area contributed by atoms with Crippen molar-refractivity contribution in [2.45, 2.75) is 161 Å². The van der Waals surface area contributed by atoms with Crippen LogP contribution in [0.15, 0.2) is 36.5 Å². The van der Waals surface area contributed by atoms with Gasteiger partial charge in [-0.25, -0.2) is 0 Å². The van der Waals surface area contributed by atoms with E-state index in [9.17, 15) is 19.8 Å². The molecular formula is C36H64O6. The van der Waals surface area contributed by atoms with Gasteiger partial charge in [-0.15, -0.1) is 0 Å². The van der Waals surface area contributed by atoms with E-state index in [0.29, 0.717) is 12.8 Å². The number of aliphatic hydroxyl groups excluding tert-OH is 2.